The van der Waals surface area contributed by atoms with Crippen LogP contribution in [0.5, 0.6) is 0 Å². The van der Waals surface area contributed by atoms with Gasteiger partial charge in [0.2, 0.25) is 0 Å². The molecule has 0 spiro atoms. The van der Waals surface area contributed by atoms with Crippen LogP contribution in [0.4, 0.5) is 4.79 Å². The van der Waals surface area contributed by atoms with Gasteiger partial charge in [0.25, 0.3) is 5.91 Å². The van der Waals surface area contributed by atoms with E-state index in [1.807, 2.05) is 30.3 Å². The molecule has 0 aliphatic carbocycles. The van der Waals surface area contributed by atoms with Crippen LogP contribution >= 0.6 is 0 Å². The molecule has 2 rings (SSSR count). The average Bonchev–Trinajstić information content (AvgIpc) is 2.70. The summed E-state index contributed by atoms with van der Waals surface area (Å²) in [5, 5.41) is 4.68. The predicted molar refractivity (Wildman–Crippen MR) is 93.8 cm³/mol. The molecular weight excluding hydrogens is 336 g/mol. The lowest BCUT2D eigenvalue weighted by molar-refractivity contribution is -0.136. The molecule has 0 unspecified atom stereocenters. The van der Waals surface area contributed by atoms with E-state index in [1.165, 1.54) is 7.11 Å². The molecular formula is C19H18N2O5. The zero-order chi connectivity index (χ0) is 18.8. The molecule has 0 fully saturated rings. The van der Waals surface area contributed by atoms with Gasteiger partial charge in [-0.3, -0.25) is 10.1 Å². The number of amides is 2. The van der Waals surface area contributed by atoms with Gasteiger partial charge in [0.05, 0.1) is 7.11 Å². The van der Waals surface area contributed by atoms with Gasteiger partial charge in [-0.25, -0.2) is 9.59 Å². The Labute approximate surface area is 150 Å². The molecule has 2 aromatic rings. The van der Waals surface area contributed by atoms with Crippen molar-refractivity contribution in [1.82, 2.24) is 10.6 Å². The van der Waals surface area contributed by atoms with Crippen molar-refractivity contribution in [2.24, 2.45) is 0 Å². The van der Waals surface area contributed by atoms with E-state index >= 15 is 0 Å². The Morgan fingerprint density at radius 2 is 1.58 bits per heavy atom. The van der Waals surface area contributed by atoms with Crippen molar-refractivity contribution < 1.29 is 23.9 Å². The highest BCUT2D eigenvalue weighted by molar-refractivity contribution is 6.01. The van der Waals surface area contributed by atoms with Crippen molar-refractivity contribution >= 4 is 18.0 Å². The van der Waals surface area contributed by atoms with E-state index in [1.54, 1.807) is 30.3 Å². The minimum absolute atomic E-state index is 0.0739. The predicted octanol–water partition coefficient (Wildman–Crippen LogP) is 2.36. The number of carbonyl (C=O) groups is 3. The number of carbonyl (C=O) groups excluding carboxylic acids is 3. The van der Waals surface area contributed by atoms with Crippen LogP contribution in [-0.2, 0) is 20.9 Å². The summed E-state index contributed by atoms with van der Waals surface area (Å²) in [5.74, 6) is -1.32. The molecule has 134 valence electrons. The molecule has 0 heterocycles. The van der Waals surface area contributed by atoms with Gasteiger partial charge in [-0.15, -0.1) is 0 Å². The van der Waals surface area contributed by atoms with Crippen LogP contribution in [0.15, 0.2) is 72.6 Å². The molecule has 0 saturated carbocycles. The number of ether oxygens (including phenoxy) is 2. The van der Waals surface area contributed by atoms with Gasteiger partial charge in [-0.2, -0.15) is 0 Å². The normalized spacial score (nSPS) is 10.6. The third-order valence-electron chi connectivity index (χ3n) is 3.24. The molecule has 0 atom stereocenters. The van der Waals surface area contributed by atoms with Crippen LogP contribution in [0, 0.1) is 0 Å². The van der Waals surface area contributed by atoms with Crippen LogP contribution < -0.4 is 10.6 Å². The quantitative estimate of drug-likeness (QED) is 0.613. The molecule has 2 N–H and O–H groups in total. The highest BCUT2D eigenvalue weighted by Gasteiger charge is 2.15. The van der Waals surface area contributed by atoms with Gasteiger partial charge in [0, 0.05) is 11.8 Å². The first-order chi connectivity index (χ1) is 12.6. The lowest BCUT2D eigenvalue weighted by atomic mass is 10.2. The topological polar surface area (TPSA) is 93.7 Å². The molecule has 0 radical (unpaired) electrons. The summed E-state index contributed by atoms with van der Waals surface area (Å²) in [5.41, 5.74) is 0.948. The highest BCUT2D eigenvalue weighted by Crippen LogP contribution is 2.02. The number of benzene rings is 2. The number of methoxy groups -OCH3 is 1. The first kappa shape index (κ1) is 18.7. The smallest absolute Gasteiger partial charge is 0.411 e. The van der Waals surface area contributed by atoms with E-state index in [0.29, 0.717) is 5.56 Å². The van der Waals surface area contributed by atoms with Gasteiger partial charge in [-0.1, -0.05) is 48.5 Å². The van der Waals surface area contributed by atoms with Crippen molar-refractivity contribution in [1.29, 1.82) is 0 Å². The largest absolute Gasteiger partial charge is 0.464 e. The molecule has 0 bridgehead atoms. The van der Waals surface area contributed by atoms with Crippen molar-refractivity contribution in [3.05, 3.63) is 83.7 Å². The third-order valence-corrected chi connectivity index (χ3v) is 3.24. The number of esters is 1. The monoisotopic (exact) mass is 354 g/mol. The Morgan fingerprint density at radius 3 is 2.19 bits per heavy atom. The van der Waals surface area contributed by atoms with E-state index in [-0.39, 0.29) is 12.3 Å². The zero-order valence-electron chi connectivity index (χ0n) is 14.1. The summed E-state index contributed by atoms with van der Waals surface area (Å²) in [6.45, 7) is 0.0739. The number of hydrogen-bond donors (Lipinski definition) is 2. The highest BCUT2D eigenvalue weighted by atomic mass is 16.5. The van der Waals surface area contributed by atoms with Crippen LogP contribution in [-0.4, -0.2) is 25.1 Å². The molecule has 7 nitrogen and oxygen atoms in total. The summed E-state index contributed by atoms with van der Waals surface area (Å²) >= 11 is 0. The molecule has 7 heteroatoms. The molecule has 2 aromatic carbocycles. The first-order valence-electron chi connectivity index (χ1n) is 7.72. The molecule has 0 saturated heterocycles. The van der Waals surface area contributed by atoms with Crippen LogP contribution in [0.3, 0.4) is 0 Å². The summed E-state index contributed by atoms with van der Waals surface area (Å²) in [6, 6.07) is 17.4. The standard InChI is InChI=1S/C19H18N2O5/c1-25-18(23)16(21-17(22)15-10-6-3-7-11-15)12-20-19(24)26-13-14-8-4-2-5-9-14/h2-12H,13H2,1H3,(H,20,24)(H,21,22)/b16-12-. The van der Waals surface area contributed by atoms with Crippen molar-refractivity contribution in [3.63, 3.8) is 0 Å². The van der Waals surface area contributed by atoms with E-state index in [2.05, 4.69) is 15.4 Å². The molecule has 2 amide bonds. The van der Waals surface area contributed by atoms with Gasteiger partial charge in [0.15, 0.2) is 0 Å². The second-order valence-electron chi connectivity index (χ2n) is 5.08. The lowest BCUT2D eigenvalue weighted by Gasteiger charge is -2.09. The van der Waals surface area contributed by atoms with Crippen molar-refractivity contribution in [2.75, 3.05) is 7.11 Å². The van der Waals surface area contributed by atoms with E-state index in [0.717, 1.165) is 11.8 Å². The third kappa shape index (κ3) is 5.79. The maximum absolute atomic E-state index is 12.1. The van der Waals surface area contributed by atoms with Crippen LogP contribution in [0.2, 0.25) is 0 Å². The number of rotatable bonds is 6. The second kappa shape index (κ2) is 9.63. The van der Waals surface area contributed by atoms with Gasteiger partial charge >= 0.3 is 12.1 Å². The van der Waals surface area contributed by atoms with E-state index in [9.17, 15) is 14.4 Å². The molecule has 0 aromatic heterocycles. The Hall–Kier alpha value is -3.61. The molecule has 26 heavy (non-hydrogen) atoms. The Morgan fingerprint density at radius 1 is 0.962 bits per heavy atom. The number of alkyl carbamates (subject to hydrolysis) is 1. The van der Waals surface area contributed by atoms with E-state index in [4.69, 9.17) is 4.74 Å². The maximum atomic E-state index is 12.1. The summed E-state index contributed by atoms with van der Waals surface area (Å²) in [7, 11) is 1.17. The first-order valence-corrected chi connectivity index (χ1v) is 7.72. The fraction of sp³-hybridized carbons (Fsp3) is 0.105. The Bertz CT molecular complexity index is 788. The van der Waals surface area contributed by atoms with Crippen molar-refractivity contribution in [2.45, 2.75) is 6.61 Å². The average molecular weight is 354 g/mol. The Balaban J connectivity index is 1.96. The Kier molecular flexibility index (Phi) is 6.93. The minimum Gasteiger partial charge on any atom is -0.464 e. The van der Waals surface area contributed by atoms with Crippen molar-refractivity contribution in [3.8, 4) is 0 Å². The zero-order valence-corrected chi connectivity index (χ0v) is 14.1. The minimum atomic E-state index is -0.808. The fourth-order valence-corrected chi connectivity index (χ4v) is 1.94. The van der Waals surface area contributed by atoms with Gasteiger partial charge in [-0.05, 0) is 17.7 Å². The summed E-state index contributed by atoms with van der Waals surface area (Å²) in [6.07, 6.45) is 0.254. The van der Waals surface area contributed by atoms with Crippen LogP contribution in [0.25, 0.3) is 0 Å². The van der Waals surface area contributed by atoms with E-state index < -0.39 is 18.0 Å². The summed E-state index contributed by atoms with van der Waals surface area (Å²) in [4.78, 5) is 35.6. The maximum Gasteiger partial charge on any atom is 0.411 e. The van der Waals surface area contributed by atoms with Gasteiger partial charge in [0.1, 0.15) is 12.3 Å². The summed E-state index contributed by atoms with van der Waals surface area (Å²) < 4.78 is 9.62. The second-order valence-corrected chi connectivity index (χ2v) is 5.08. The SMILES string of the molecule is COC(=O)/C(=C/NC(=O)OCc1ccccc1)NC(=O)c1ccccc1. The number of hydrogen-bond acceptors (Lipinski definition) is 5. The molecule has 0 aliphatic rings. The molecule has 0 aliphatic heterocycles. The fourth-order valence-electron chi connectivity index (χ4n) is 1.94. The van der Waals surface area contributed by atoms with Gasteiger partial charge < -0.3 is 14.8 Å². The lowest BCUT2D eigenvalue weighted by Crippen LogP contribution is -2.31. The number of nitrogens with one attached hydrogen (secondary N) is 2. The van der Waals surface area contributed by atoms with Crippen LogP contribution in [0.1, 0.15) is 15.9 Å².